The summed E-state index contributed by atoms with van der Waals surface area (Å²) in [6, 6.07) is 14.9. The lowest BCUT2D eigenvalue weighted by molar-refractivity contribution is -0.131. The third-order valence-electron chi connectivity index (χ3n) is 7.40. The Hall–Kier alpha value is -3.92. The molecule has 0 spiro atoms. The van der Waals surface area contributed by atoms with Crippen LogP contribution in [-0.4, -0.2) is 67.5 Å². The van der Waals surface area contributed by atoms with E-state index in [1.54, 1.807) is 17.9 Å². The van der Waals surface area contributed by atoms with E-state index in [0.717, 1.165) is 12.0 Å². The number of nitrogens with one attached hydrogen (secondary N) is 3. The van der Waals surface area contributed by atoms with Gasteiger partial charge in [-0.15, -0.1) is 0 Å². The summed E-state index contributed by atoms with van der Waals surface area (Å²) in [7, 11) is 1.64. The molecule has 0 radical (unpaired) electrons. The van der Waals surface area contributed by atoms with Crippen molar-refractivity contribution >= 4 is 28.6 Å². The Labute approximate surface area is 241 Å². The number of ether oxygens (including phenoxy) is 2. The van der Waals surface area contributed by atoms with Crippen molar-refractivity contribution in [3.63, 3.8) is 0 Å². The monoisotopic (exact) mass is 563 g/mol. The van der Waals surface area contributed by atoms with E-state index < -0.39 is 5.41 Å². The minimum atomic E-state index is -0.946. The highest BCUT2D eigenvalue weighted by Gasteiger charge is 2.39. The summed E-state index contributed by atoms with van der Waals surface area (Å²) in [6.45, 7) is 5.83. The zero-order valence-electron chi connectivity index (χ0n) is 24.2. The van der Waals surface area contributed by atoms with E-state index in [9.17, 15) is 14.4 Å². The molecule has 3 amide bonds. The van der Waals surface area contributed by atoms with E-state index in [-0.39, 0.29) is 37.4 Å². The van der Waals surface area contributed by atoms with Crippen LogP contribution in [-0.2, 0) is 27.3 Å². The van der Waals surface area contributed by atoms with Crippen LogP contribution in [0.25, 0.3) is 10.9 Å². The number of aromatic nitrogens is 2. The fraction of sp³-hybridized carbons (Fsp3) is 0.484. The smallest absolute Gasteiger partial charge is 0.270 e. The van der Waals surface area contributed by atoms with E-state index in [1.165, 1.54) is 0 Å². The summed E-state index contributed by atoms with van der Waals surface area (Å²) in [5.41, 5.74) is 1.00. The molecular formula is C31H41N5O5. The largest absolute Gasteiger partial charge is 0.484 e. The third-order valence-corrected chi connectivity index (χ3v) is 7.40. The molecule has 3 aromatic rings. The fourth-order valence-corrected chi connectivity index (χ4v) is 5.18. The number of benzene rings is 2. The van der Waals surface area contributed by atoms with Gasteiger partial charge in [0.15, 0.2) is 6.61 Å². The number of methoxy groups -OCH3 is 1. The normalized spacial score (nSPS) is 18.3. The van der Waals surface area contributed by atoms with Gasteiger partial charge in [0.2, 0.25) is 5.91 Å². The number of fused-ring (bicyclic) bond motifs is 5. The zero-order chi connectivity index (χ0) is 29.2. The number of rotatable bonds is 8. The van der Waals surface area contributed by atoms with Crippen LogP contribution in [0.5, 0.6) is 5.75 Å². The van der Waals surface area contributed by atoms with Crippen molar-refractivity contribution in [3.8, 4) is 5.75 Å². The molecule has 1 unspecified atom stereocenters. The van der Waals surface area contributed by atoms with Gasteiger partial charge in [0.05, 0.1) is 17.5 Å². The molecule has 2 aromatic carbocycles. The fourth-order valence-electron chi connectivity index (χ4n) is 5.18. The van der Waals surface area contributed by atoms with Crippen LogP contribution >= 0.6 is 0 Å². The van der Waals surface area contributed by atoms with Crippen LogP contribution in [0.3, 0.4) is 0 Å². The van der Waals surface area contributed by atoms with Crippen LogP contribution < -0.4 is 20.7 Å². The van der Waals surface area contributed by atoms with Crippen molar-refractivity contribution in [3.05, 3.63) is 59.8 Å². The second kappa shape index (κ2) is 14.1. The highest BCUT2D eigenvalue weighted by atomic mass is 16.5. The lowest BCUT2D eigenvalue weighted by Crippen LogP contribution is -2.50. The molecule has 10 heteroatoms. The van der Waals surface area contributed by atoms with Crippen LogP contribution in [0.4, 0.5) is 0 Å². The van der Waals surface area contributed by atoms with Crippen LogP contribution in [0.2, 0.25) is 0 Å². The van der Waals surface area contributed by atoms with Gasteiger partial charge in [0.25, 0.3) is 11.8 Å². The van der Waals surface area contributed by atoms with Crippen LogP contribution in [0.15, 0.2) is 48.5 Å². The molecule has 2 bridgehead atoms. The van der Waals surface area contributed by atoms with Gasteiger partial charge < -0.3 is 25.4 Å². The highest BCUT2D eigenvalue weighted by Crippen LogP contribution is 2.31. The molecule has 0 fully saturated rings. The molecule has 4 rings (SSSR count). The number of hydrogen-bond acceptors (Lipinski definition) is 6. The summed E-state index contributed by atoms with van der Waals surface area (Å²) >= 11 is 0. The van der Waals surface area contributed by atoms with Gasteiger partial charge in [-0.25, -0.2) is 0 Å². The second-order valence-corrected chi connectivity index (χ2v) is 11.0. The summed E-state index contributed by atoms with van der Waals surface area (Å²) in [5, 5.41) is 14.4. The van der Waals surface area contributed by atoms with E-state index in [0.29, 0.717) is 67.2 Å². The Morgan fingerprint density at radius 3 is 2.80 bits per heavy atom. The van der Waals surface area contributed by atoms with Gasteiger partial charge in [0, 0.05) is 38.7 Å². The first-order chi connectivity index (χ1) is 19.8. The van der Waals surface area contributed by atoms with Gasteiger partial charge in [-0.05, 0) is 55.4 Å². The lowest BCUT2D eigenvalue weighted by atomic mass is 9.76. The number of amides is 3. The zero-order valence-corrected chi connectivity index (χ0v) is 24.2. The van der Waals surface area contributed by atoms with Gasteiger partial charge in [0.1, 0.15) is 11.4 Å². The van der Waals surface area contributed by atoms with Crippen molar-refractivity contribution < 1.29 is 23.9 Å². The van der Waals surface area contributed by atoms with E-state index in [2.05, 4.69) is 34.9 Å². The maximum Gasteiger partial charge on any atom is 0.270 e. The molecule has 1 aliphatic heterocycles. The number of hydrogen-bond donors (Lipinski definition) is 3. The predicted octanol–water partition coefficient (Wildman–Crippen LogP) is 3.09. The molecule has 3 N–H and O–H groups in total. The molecule has 10 nitrogen and oxygen atoms in total. The minimum Gasteiger partial charge on any atom is -0.484 e. The molecule has 2 heterocycles. The first-order valence-electron chi connectivity index (χ1n) is 14.3. The molecule has 0 aliphatic carbocycles. The topological polar surface area (TPSA) is 124 Å². The summed E-state index contributed by atoms with van der Waals surface area (Å²) in [4.78, 5) is 40.3. The lowest BCUT2D eigenvalue weighted by Gasteiger charge is -2.33. The highest BCUT2D eigenvalue weighted by molar-refractivity contribution is 6.05. The molecule has 0 saturated heterocycles. The van der Waals surface area contributed by atoms with Crippen LogP contribution in [0, 0.1) is 11.3 Å². The Kier molecular flexibility index (Phi) is 10.3. The average Bonchev–Trinajstić information content (AvgIpc) is 3.32. The van der Waals surface area contributed by atoms with Crippen molar-refractivity contribution in [2.24, 2.45) is 11.3 Å². The Morgan fingerprint density at radius 1 is 1.17 bits per heavy atom. The van der Waals surface area contributed by atoms with E-state index in [4.69, 9.17) is 9.47 Å². The van der Waals surface area contributed by atoms with Gasteiger partial charge in [-0.2, -0.15) is 5.10 Å². The minimum absolute atomic E-state index is 0.111. The van der Waals surface area contributed by atoms with Crippen molar-refractivity contribution in [1.29, 1.82) is 0 Å². The summed E-state index contributed by atoms with van der Waals surface area (Å²) in [6.07, 6.45) is 2.36. The molecule has 220 valence electrons. The van der Waals surface area contributed by atoms with E-state index >= 15 is 0 Å². The number of carbonyl (C=O) groups excluding carboxylic acids is 3. The third kappa shape index (κ3) is 7.85. The summed E-state index contributed by atoms with van der Waals surface area (Å²) in [5.74, 6) is 0.278. The predicted molar refractivity (Wildman–Crippen MR) is 157 cm³/mol. The van der Waals surface area contributed by atoms with E-state index in [1.807, 2.05) is 42.5 Å². The second-order valence-electron chi connectivity index (χ2n) is 11.0. The number of nitrogens with zero attached hydrogens (tertiary/aromatic N) is 2. The Balaban J connectivity index is 1.74. The Bertz CT molecular complexity index is 1350. The summed E-state index contributed by atoms with van der Waals surface area (Å²) < 4.78 is 12.7. The van der Waals surface area contributed by atoms with Crippen molar-refractivity contribution in [2.45, 2.75) is 46.1 Å². The SMILES string of the molecule is COCCCC1(C(=O)NCCC(C)C)CNC(=O)c2c3ccccc3nn2CCNC(=O)COc2cccc(c2)C1. The standard InChI is InChI=1S/C31H41N5O5/c1-22(2)12-14-33-30(39)31(13-7-17-40-3)19-23-8-6-9-24(18-23)41-20-27(37)32-15-16-36-28(29(38)34-21-31)25-10-4-5-11-26(25)35-36/h4-6,8-11,18,22H,7,12-17,19-21H2,1-3H3,(H,32,37)(H,33,39)(H,34,38). The maximum absolute atomic E-state index is 14.0. The quantitative estimate of drug-likeness (QED) is 0.362. The first kappa shape index (κ1) is 30.0. The van der Waals surface area contributed by atoms with Gasteiger partial charge in [-0.1, -0.05) is 44.2 Å². The molecule has 0 saturated carbocycles. The maximum atomic E-state index is 14.0. The molecule has 1 aliphatic rings. The van der Waals surface area contributed by atoms with Crippen LogP contribution in [0.1, 0.15) is 49.2 Å². The molecule has 41 heavy (non-hydrogen) atoms. The van der Waals surface area contributed by atoms with Gasteiger partial charge in [-0.3, -0.25) is 19.1 Å². The first-order valence-corrected chi connectivity index (χ1v) is 14.3. The molecule has 1 aromatic heterocycles. The van der Waals surface area contributed by atoms with Gasteiger partial charge >= 0.3 is 0 Å². The Morgan fingerprint density at radius 2 is 2.00 bits per heavy atom. The van der Waals surface area contributed by atoms with Crippen molar-refractivity contribution in [2.75, 3.05) is 40.0 Å². The average molecular weight is 564 g/mol. The molecular weight excluding hydrogens is 522 g/mol. The molecule has 1 atom stereocenters. The number of carbonyl (C=O) groups is 3. The van der Waals surface area contributed by atoms with Crippen molar-refractivity contribution in [1.82, 2.24) is 25.7 Å².